The molecule has 1 unspecified atom stereocenters. The maximum absolute atomic E-state index is 5.70. The number of thiophene rings is 1. The number of rotatable bonds is 4. The smallest absolute Gasteiger partial charge is 0.128 e. The number of furan rings is 1. The normalized spacial score (nSPS) is 12.9. The molecule has 0 bridgehead atoms. The average molecular weight is 271 g/mol. The second-order valence-corrected chi connectivity index (χ2v) is 5.56. The minimum Gasteiger partial charge on any atom is -0.467 e. The molecule has 1 aromatic carbocycles. The molecule has 1 N–H and O–H groups in total. The van der Waals surface area contributed by atoms with E-state index in [1.807, 2.05) is 6.07 Å². The van der Waals surface area contributed by atoms with E-state index < -0.39 is 0 Å². The number of aryl methyl sites for hydroxylation is 1. The monoisotopic (exact) mass is 271 g/mol. The molecule has 0 fully saturated rings. The zero-order valence-electron chi connectivity index (χ0n) is 11.1. The summed E-state index contributed by atoms with van der Waals surface area (Å²) >= 11 is 1.79. The van der Waals surface area contributed by atoms with Gasteiger partial charge in [0.25, 0.3) is 0 Å². The Balaban J connectivity index is 2.15. The van der Waals surface area contributed by atoms with Crippen LogP contribution in [0.5, 0.6) is 0 Å². The summed E-state index contributed by atoms with van der Waals surface area (Å²) in [6.45, 7) is 5.13. The zero-order valence-corrected chi connectivity index (χ0v) is 12.0. The lowest BCUT2D eigenvalue weighted by atomic mass is 10.0. The predicted molar refractivity (Wildman–Crippen MR) is 80.8 cm³/mol. The molecule has 1 atom stereocenters. The number of hydrogen-bond acceptors (Lipinski definition) is 3. The molecule has 0 saturated heterocycles. The van der Waals surface area contributed by atoms with E-state index in [0.717, 1.165) is 12.3 Å². The van der Waals surface area contributed by atoms with Crippen molar-refractivity contribution in [1.82, 2.24) is 5.32 Å². The zero-order chi connectivity index (χ0) is 13.2. The van der Waals surface area contributed by atoms with Crippen LogP contribution in [0.25, 0.3) is 10.1 Å². The van der Waals surface area contributed by atoms with Gasteiger partial charge in [-0.05, 0) is 47.5 Å². The van der Waals surface area contributed by atoms with Crippen molar-refractivity contribution in [3.05, 3.63) is 58.9 Å². The highest BCUT2D eigenvalue weighted by atomic mass is 32.1. The molecule has 0 spiro atoms. The molecule has 0 aliphatic carbocycles. The van der Waals surface area contributed by atoms with Crippen molar-refractivity contribution in [3.8, 4) is 0 Å². The number of fused-ring (bicyclic) bond motifs is 1. The standard InChI is InChI=1S/C16H17NOS/c1-3-17-14(15-11(2)7-9-18-15)13-6-4-5-12-8-10-19-16(12)13/h4-10,14,17H,3H2,1-2H3. The second-order valence-electron chi connectivity index (χ2n) is 4.64. The minimum absolute atomic E-state index is 0.127. The van der Waals surface area contributed by atoms with Gasteiger partial charge in [0.1, 0.15) is 5.76 Å². The highest BCUT2D eigenvalue weighted by Crippen LogP contribution is 2.33. The summed E-state index contributed by atoms with van der Waals surface area (Å²) in [5.41, 5.74) is 2.49. The molecule has 0 amide bonds. The van der Waals surface area contributed by atoms with Crippen LogP contribution in [0.1, 0.15) is 29.9 Å². The van der Waals surface area contributed by atoms with Gasteiger partial charge in [0.05, 0.1) is 12.3 Å². The molecule has 3 heteroatoms. The fourth-order valence-electron chi connectivity index (χ4n) is 2.47. The van der Waals surface area contributed by atoms with Crippen molar-refractivity contribution >= 4 is 21.4 Å². The Kier molecular flexibility index (Phi) is 3.40. The van der Waals surface area contributed by atoms with Gasteiger partial charge in [0, 0.05) is 4.70 Å². The predicted octanol–water partition coefficient (Wildman–Crippen LogP) is 4.50. The molecule has 0 aliphatic heterocycles. The van der Waals surface area contributed by atoms with E-state index in [9.17, 15) is 0 Å². The van der Waals surface area contributed by atoms with E-state index in [2.05, 4.69) is 48.8 Å². The van der Waals surface area contributed by atoms with Gasteiger partial charge in [-0.1, -0.05) is 25.1 Å². The van der Waals surface area contributed by atoms with Gasteiger partial charge in [-0.25, -0.2) is 0 Å². The van der Waals surface area contributed by atoms with Gasteiger partial charge < -0.3 is 9.73 Å². The molecular formula is C16H17NOS. The van der Waals surface area contributed by atoms with Crippen LogP contribution in [0.15, 0.2) is 46.4 Å². The number of hydrogen-bond donors (Lipinski definition) is 1. The molecule has 19 heavy (non-hydrogen) atoms. The van der Waals surface area contributed by atoms with Gasteiger partial charge in [-0.3, -0.25) is 0 Å². The number of nitrogens with one attached hydrogen (secondary N) is 1. The first-order chi connectivity index (χ1) is 9.31. The summed E-state index contributed by atoms with van der Waals surface area (Å²) in [7, 11) is 0. The first-order valence-electron chi connectivity index (χ1n) is 6.54. The van der Waals surface area contributed by atoms with Gasteiger partial charge >= 0.3 is 0 Å². The van der Waals surface area contributed by atoms with E-state index >= 15 is 0 Å². The van der Waals surface area contributed by atoms with Gasteiger partial charge in [-0.2, -0.15) is 0 Å². The van der Waals surface area contributed by atoms with Crippen molar-refractivity contribution in [2.24, 2.45) is 0 Å². The summed E-state index contributed by atoms with van der Waals surface area (Å²) in [5, 5.41) is 6.98. The van der Waals surface area contributed by atoms with E-state index in [1.165, 1.54) is 21.2 Å². The van der Waals surface area contributed by atoms with Crippen LogP contribution < -0.4 is 5.32 Å². The fourth-order valence-corrected chi connectivity index (χ4v) is 3.42. The molecular weight excluding hydrogens is 254 g/mol. The summed E-state index contributed by atoms with van der Waals surface area (Å²) in [6.07, 6.45) is 1.77. The van der Waals surface area contributed by atoms with Crippen LogP contribution >= 0.6 is 11.3 Å². The van der Waals surface area contributed by atoms with E-state index in [4.69, 9.17) is 4.42 Å². The van der Waals surface area contributed by atoms with Crippen molar-refractivity contribution in [2.75, 3.05) is 6.54 Å². The van der Waals surface area contributed by atoms with Gasteiger partial charge in [0.15, 0.2) is 0 Å². The molecule has 2 heterocycles. The maximum Gasteiger partial charge on any atom is 0.128 e. The first-order valence-corrected chi connectivity index (χ1v) is 7.42. The van der Waals surface area contributed by atoms with Crippen LogP contribution in [0.2, 0.25) is 0 Å². The summed E-state index contributed by atoms with van der Waals surface area (Å²) in [4.78, 5) is 0. The Morgan fingerprint density at radius 3 is 2.89 bits per heavy atom. The Bertz CT molecular complexity index is 683. The van der Waals surface area contributed by atoms with Crippen molar-refractivity contribution in [3.63, 3.8) is 0 Å². The third-order valence-corrected chi connectivity index (χ3v) is 4.37. The van der Waals surface area contributed by atoms with Crippen molar-refractivity contribution < 1.29 is 4.42 Å². The molecule has 0 saturated carbocycles. The highest BCUT2D eigenvalue weighted by Gasteiger charge is 2.20. The third-order valence-electron chi connectivity index (χ3n) is 3.39. The largest absolute Gasteiger partial charge is 0.467 e. The van der Waals surface area contributed by atoms with Crippen molar-refractivity contribution in [1.29, 1.82) is 0 Å². The lowest BCUT2D eigenvalue weighted by Gasteiger charge is -2.18. The first kappa shape index (κ1) is 12.5. The Morgan fingerprint density at radius 1 is 1.26 bits per heavy atom. The molecule has 0 aliphatic rings. The molecule has 3 rings (SSSR count). The Labute approximate surface area is 117 Å². The second kappa shape index (κ2) is 5.19. The van der Waals surface area contributed by atoms with Crippen LogP contribution in [0.3, 0.4) is 0 Å². The highest BCUT2D eigenvalue weighted by molar-refractivity contribution is 7.17. The summed E-state index contributed by atoms with van der Waals surface area (Å²) in [6, 6.07) is 10.8. The maximum atomic E-state index is 5.70. The number of benzene rings is 1. The summed E-state index contributed by atoms with van der Waals surface area (Å²) in [5.74, 6) is 1.02. The molecule has 2 aromatic heterocycles. The van der Waals surface area contributed by atoms with Crippen molar-refractivity contribution in [2.45, 2.75) is 19.9 Å². The average Bonchev–Trinajstić information content (AvgIpc) is 3.04. The third kappa shape index (κ3) is 2.20. The topological polar surface area (TPSA) is 25.2 Å². The van der Waals surface area contributed by atoms with Crippen LogP contribution in [0, 0.1) is 6.92 Å². The lowest BCUT2D eigenvalue weighted by Crippen LogP contribution is -2.22. The van der Waals surface area contributed by atoms with E-state index in [0.29, 0.717) is 0 Å². The Hall–Kier alpha value is -1.58. The Morgan fingerprint density at radius 2 is 2.16 bits per heavy atom. The van der Waals surface area contributed by atoms with Crippen LogP contribution in [-0.2, 0) is 0 Å². The molecule has 2 nitrogen and oxygen atoms in total. The van der Waals surface area contributed by atoms with Gasteiger partial charge in [-0.15, -0.1) is 11.3 Å². The molecule has 3 aromatic rings. The minimum atomic E-state index is 0.127. The lowest BCUT2D eigenvalue weighted by molar-refractivity contribution is 0.451. The van der Waals surface area contributed by atoms with E-state index in [-0.39, 0.29) is 6.04 Å². The molecule has 0 radical (unpaired) electrons. The quantitative estimate of drug-likeness (QED) is 0.755. The fraction of sp³-hybridized carbons (Fsp3) is 0.250. The van der Waals surface area contributed by atoms with Crippen LogP contribution in [-0.4, -0.2) is 6.54 Å². The van der Waals surface area contributed by atoms with Gasteiger partial charge in [0.2, 0.25) is 0 Å². The SMILES string of the molecule is CCNC(c1occc1C)c1cccc2ccsc12. The molecule has 98 valence electrons. The van der Waals surface area contributed by atoms with Crippen LogP contribution in [0.4, 0.5) is 0 Å². The van der Waals surface area contributed by atoms with E-state index in [1.54, 1.807) is 17.6 Å². The summed E-state index contributed by atoms with van der Waals surface area (Å²) < 4.78 is 7.04.